The lowest BCUT2D eigenvalue weighted by molar-refractivity contribution is 0.0601. The van der Waals surface area contributed by atoms with Crippen LogP contribution in [0.25, 0.3) is 0 Å². The maximum Gasteiger partial charge on any atom is 0.126 e. The predicted molar refractivity (Wildman–Crippen MR) is 60.3 cm³/mol. The summed E-state index contributed by atoms with van der Waals surface area (Å²) in [5.41, 5.74) is 0.742. The van der Waals surface area contributed by atoms with Crippen LogP contribution in [0.1, 0.15) is 30.9 Å². The topological polar surface area (TPSA) is 29.5 Å². The van der Waals surface area contributed by atoms with E-state index in [-0.39, 0.29) is 0 Å². The zero-order valence-electron chi connectivity index (χ0n) is 8.74. The van der Waals surface area contributed by atoms with E-state index in [2.05, 4.69) is 0 Å². The van der Waals surface area contributed by atoms with Crippen molar-refractivity contribution in [3.8, 4) is 5.75 Å². The van der Waals surface area contributed by atoms with E-state index >= 15 is 0 Å². The van der Waals surface area contributed by atoms with E-state index in [4.69, 9.17) is 16.3 Å². The van der Waals surface area contributed by atoms with Crippen LogP contribution in [0.15, 0.2) is 18.2 Å². The van der Waals surface area contributed by atoms with Crippen molar-refractivity contribution in [2.45, 2.75) is 25.4 Å². The lowest BCUT2D eigenvalue weighted by atomic mass is 9.78. The van der Waals surface area contributed by atoms with Gasteiger partial charge in [0.25, 0.3) is 0 Å². The van der Waals surface area contributed by atoms with Crippen LogP contribution < -0.4 is 4.74 Å². The second-order valence-electron chi connectivity index (χ2n) is 3.99. The Labute approximate surface area is 94.8 Å². The van der Waals surface area contributed by atoms with Crippen LogP contribution in [0.3, 0.4) is 0 Å². The molecule has 1 atom stereocenters. The average Bonchev–Trinajstić information content (AvgIpc) is 2.14. The first kappa shape index (κ1) is 10.8. The molecule has 0 heterocycles. The molecule has 82 valence electrons. The first-order chi connectivity index (χ1) is 7.24. The standard InChI is InChI=1S/C12H15ClO2/c1-15-10-7-3-6-9(13)11(10)12(14)8-4-2-5-8/h3,6-8,12,14H,2,4-5H2,1H3. The normalized spacial score (nSPS) is 18.3. The lowest BCUT2D eigenvalue weighted by Gasteiger charge is -2.31. The molecule has 0 amide bonds. The smallest absolute Gasteiger partial charge is 0.126 e. The maximum atomic E-state index is 10.2. The van der Waals surface area contributed by atoms with Gasteiger partial charge < -0.3 is 9.84 Å². The lowest BCUT2D eigenvalue weighted by Crippen LogP contribution is -2.20. The minimum Gasteiger partial charge on any atom is -0.496 e. The molecule has 3 heteroatoms. The Hall–Kier alpha value is -0.730. The number of benzene rings is 1. The van der Waals surface area contributed by atoms with Crippen LogP contribution >= 0.6 is 11.6 Å². The van der Waals surface area contributed by atoms with Crippen molar-refractivity contribution in [3.63, 3.8) is 0 Å². The molecule has 0 aliphatic heterocycles. The fourth-order valence-electron chi connectivity index (χ4n) is 1.97. The first-order valence-corrected chi connectivity index (χ1v) is 5.62. The Morgan fingerprint density at radius 1 is 1.47 bits per heavy atom. The van der Waals surface area contributed by atoms with Crippen LogP contribution in [-0.4, -0.2) is 12.2 Å². The van der Waals surface area contributed by atoms with Crippen molar-refractivity contribution in [1.29, 1.82) is 0 Å². The number of ether oxygens (including phenoxy) is 1. The molecule has 0 radical (unpaired) electrons. The summed E-state index contributed by atoms with van der Waals surface area (Å²) in [6.45, 7) is 0. The van der Waals surface area contributed by atoms with E-state index in [1.807, 2.05) is 12.1 Å². The first-order valence-electron chi connectivity index (χ1n) is 5.24. The summed E-state index contributed by atoms with van der Waals surface area (Å²) in [5.74, 6) is 1.03. The Morgan fingerprint density at radius 2 is 2.20 bits per heavy atom. The van der Waals surface area contributed by atoms with E-state index in [0.717, 1.165) is 18.4 Å². The number of hydrogen-bond acceptors (Lipinski definition) is 2. The molecule has 1 aliphatic rings. The minimum absolute atomic E-state index is 0.346. The Bertz CT molecular complexity index is 347. The molecule has 1 aliphatic carbocycles. The third-order valence-electron chi connectivity index (χ3n) is 3.12. The van der Waals surface area contributed by atoms with E-state index in [9.17, 15) is 5.11 Å². The van der Waals surface area contributed by atoms with Crippen LogP contribution in [0.5, 0.6) is 5.75 Å². The highest BCUT2D eigenvalue weighted by atomic mass is 35.5. The van der Waals surface area contributed by atoms with Crippen LogP contribution in [0.2, 0.25) is 5.02 Å². The Morgan fingerprint density at radius 3 is 2.73 bits per heavy atom. The van der Waals surface area contributed by atoms with E-state index in [1.54, 1.807) is 13.2 Å². The van der Waals surface area contributed by atoms with Crippen LogP contribution in [-0.2, 0) is 0 Å². The summed E-state index contributed by atoms with van der Waals surface area (Å²) in [6, 6.07) is 5.46. The van der Waals surface area contributed by atoms with Crippen molar-refractivity contribution in [2.24, 2.45) is 5.92 Å². The van der Waals surface area contributed by atoms with Crippen molar-refractivity contribution >= 4 is 11.6 Å². The minimum atomic E-state index is -0.484. The molecule has 1 aromatic rings. The molecular weight excluding hydrogens is 212 g/mol. The van der Waals surface area contributed by atoms with Gasteiger partial charge in [0.2, 0.25) is 0 Å². The van der Waals surface area contributed by atoms with Crippen molar-refractivity contribution in [1.82, 2.24) is 0 Å². The molecule has 0 spiro atoms. The molecule has 0 aromatic heterocycles. The third-order valence-corrected chi connectivity index (χ3v) is 3.45. The van der Waals surface area contributed by atoms with Gasteiger partial charge in [0.1, 0.15) is 5.75 Å². The Kier molecular flexibility index (Phi) is 3.17. The average molecular weight is 227 g/mol. The summed E-state index contributed by atoms with van der Waals surface area (Å²) in [5, 5.41) is 10.8. The largest absolute Gasteiger partial charge is 0.496 e. The van der Waals surface area contributed by atoms with Crippen molar-refractivity contribution in [2.75, 3.05) is 7.11 Å². The summed E-state index contributed by atoms with van der Waals surface area (Å²) >= 11 is 6.09. The fourth-order valence-corrected chi connectivity index (χ4v) is 2.25. The maximum absolute atomic E-state index is 10.2. The Balaban J connectivity index is 2.31. The van der Waals surface area contributed by atoms with Gasteiger partial charge in [-0.3, -0.25) is 0 Å². The summed E-state index contributed by atoms with van der Waals surface area (Å²) < 4.78 is 5.22. The van der Waals surface area contributed by atoms with Crippen molar-refractivity contribution < 1.29 is 9.84 Å². The monoisotopic (exact) mass is 226 g/mol. The number of methoxy groups -OCH3 is 1. The number of halogens is 1. The second kappa shape index (κ2) is 4.42. The van der Waals surface area contributed by atoms with E-state index < -0.39 is 6.10 Å². The summed E-state index contributed by atoms with van der Waals surface area (Å²) in [6.07, 6.45) is 2.88. The molecule has 1 unspecified atom stereocenters. The van der Waals surface area contributed by atoms with Gasteiger partial charge in [-0.25, -0.2) is 0 Å². The molecule has 1 N–H and O–H groups in total. The molecular formula is C12H15ClO2. The zero-order valence-corrected chi connectivity index (χ0v) is 9.50. The summed E-state index contributed by atoms with van der Waals surface area (Å²) in [4.78, 5) is 0. The molecule has 2 nitrogen and oxygen atoms in total. The molecule has 2 rings (SSSR count). The second-order valence-corrected chi connectivity index (χ2v) is 4.40. The van der Waals surface area contributed by atoms with Gasteiger partial charge in [0, 0.05) is 5.56 Å². The molecule has 1 fully saturated rings. The van der Waals surface area contributed by atoms with Gasteiger partial charge in [0.05, 0.1) is 18.2 Å². The van der Waals surface area contributed by atoms with Gasteiger partial charge >= 0.3 is 0 Å². The number of aliphatic hydroxyl groups excluding tert-OH is 1. The van der Waals surface area contributed by atoms with E-state index in [1.165, 1.54) is 6.42 Å². The van der Waals surface area contributed by atoms with Gasteiger partial charge in [-0.1, -0.05) is 24.1 Å². The molecule has 1 aromatic carbocycles. The van der Waals surface area contributed by atoms with Crippen LogP contribution in [0, 0.1) is 5.92 Å². The van der Waals surface area contributed by atoms with Gasteiger partial charge in [0.15, 0.2) is 0 Å². The van der Waals surface area contributed by atoms with E-state index in [0.29, 0.717) is 16.7 Å². The van der Waals surface area contributed by atoms with Crippen molar-refractivity contribution in [3.05, 3.63) is 28.8 Å². The molecule has 0 bridgehead atoms. The van der Waals surface area contributed by atoms with Gasteiger partial charge in [-0.05, 0) is 30.9 Å². The zero-order chi connectivity index (χ0) is 10.8. The third kappa shape index (κ3) is 1.97. The van der Waals surface area contributed by atoms with Gasteiger partial charge in [-0.2, -0.15) is 0 Å². The fraction of sp³-hybridized carbons (Fsp3) is 0.500. The highest BCUT2D eigenvalue weighted by Gasteiger charge is 2.30. The summed E-state index contributed by atoms with van der Waals surface area (Å²) in [7, 11) is 1.60. The number of rotatable bonds is 3. The number of aliphatic hydroxyl groups is 1. The highest BCUT2D eigenvalue weighted by molar-refractivity contribution is 6.31. The van der Waals surface area contributed by atoms with Crippen LogP contribution in [0.4, 0.5) is 0 Å². The molecule has 1 saturated carbocycles. The molecule has 15 heavy (non-hydrogen) atoms. The van der Waals surface area contributed by atoms with Gasteiger partial charge in [-0.15, -0.1) is 0 Å². The SMILES string of the molecule is COc1cccc(Cl)c1C(O)C1CCC1. The predicted octanol–water partition coefficient (Wildman–Crippen LogP) is 3.18. The highest BCUT2D eigenvalue weighted by Crippen LogP contribution is 2.43. The quantitative estimate of drug-likeness (QED) is 0.858. The number of hydrogen-bond donors (Lipinski definition) is 1. The molecule has 0 saturated heterocycles.